The van der Waals surface area contributed by atoms with Gasteiger partial charge in [-0.25, -0.2) is 0 Å². The average Bonchev–Trinajstić information content (AvgIpc) is 2.53. The molecular formula is C20H36O3. The number of hydrogen-bond donors (Lipinski definition) is 1. The summed E-state index contributed by atoms with van der Waals surface area (Å²) in [6.07, 6.45) is 17.4. The third kappa shape index (κ3) is 8.55. The minimum absolute atomic E-state index is 0.0380. The van der Waals surface area contributed by atoms with Crippen LogP contribution in [-0.2, 0) is 9.53 Å². The number of rotatable bonds is 14. The number of carbonyl (C=O) groups is 1. The van der Waals surface area contributed by atoms with Gasteiger partial charge in [0.05, 0.1) is 12.0 Å². The smallest absolute Gasteiger partial charge is 0.313 e. The summed E-state index contributed by atoms with van der Waals surface area (Å²) < 4.78 is 5.18. The normalized spacial score (nSPS) is 22.1. The van der Waals surface area contributed by atoms with Crippen LogP contribution in [0.3, 0.4) is 0 Å². The molecule has 23 heavy (non-hydrogen) atoms. The van der Waals surface area contributed by atoms with Crippen LogP contribution in [0.15, 0.2) is 12.2 Å². The van der Waals surface area contributed by atoms with Crippen molar-refractivity contribution in [2.45, 2.75) is 103 Å². The second-order valence-electron chi connectivity index (χ2n) is 6.89. The lowest BCUT2D eigenvalue weighted by molar-refractivity contribution is -0.187. The largest absolute Gasteiger partial charge is 0.461 e. The van der Waals surface area contributed by atoms with Gasteiger partial charge in [-0.15, -0.1) is 0 Å². The number of esters is 1. The van der Waals surface area contributed by atoms with Crippen molar-refractivity contribution in [2.75, 3.05) is 0 Å². The Bertz CT molecular complexity index is 338. The van der Waals surface area contributed by atoms with Crippen LogP contribution in [0.25, 0.3) is 0 Å². The van der Waals surface area contributed by atoms with Crippen molar-refractivity contribution in [1.29, 1.82) is 0 Å². The fourth-order valence-electron chi connectivity index (χ4n) is 3.22. The number of carbonyl (C=O) groups excluding carboxylic acids is 1. The van der Waals surface area contributed by atoms with Gasteiger partial charge >= 0.3 is 5.97 Å². The summed E-state index contributed by atoms with van der Waals surface area (Å²) in [4.78, 5) is 11.4. The van der Waals surface area contributed by atoms with Crippen LogP contribution in [0.2, 0.25) is 0 Å². The van der Waals surface area contributed by atoms with Crippen LogP contribution in [0.1, 0.15) is 90.9 Å². The summed E-state index contributed by atoms with van der Waals surface area (Å²) in [6.45, 7) is 4.20. The van der Waals surface area contributed by atoms with Gasteiger partial charge in [0.2, 0.25) is 0 Å². The van der Waals surface area contributed by atoms with E-state index in [-0.39, 0.29) is 24.1 Å². The molecule has 1 rings (SSSR count). The number of cyclic esters (lactones) is 1. The zero-order valence-electron chi connectivity index (χ0n) is 15.1. The van der Waals surface area contributed by atoms with Crippen LogP contribution in [0.4, 0.5) is 0 Å². The molecule has 3 nitrogen and oxygen atoms in total. The maximum Gasteiger partial charge on any atom is 0.313 e. The van der Waals surface area contributed by atoms with Crippen LogP contribution in [-0.4, -0.2) is 23.3 Å². The summed E-state index contributed by atoms with van der Waals surface area (Å²) in [5, 5.41) is 10.1. The summed E-state index contributed by atoms with van der Waals surface area (Å²) >= 11 is 0. The van der Waals surface area contributed by atoms with Crippen LogP contribution in [0, 0.1) is 5.92 Å². The lowest BCUT2D eigenvalue weighted by Crippen LogP contribution is -2.46. The van der Waals surface area contributed by atoms with E-state index < -0.39 is 0 Å². The van der Waals surface area contributed by atoms with Crippen molar-refractivity contribution < 1.29 is 14.6 Å². The second kappa shape index (κ2) is 12.6. The molecule has 1 aliphatic heterocycles. The van der Waals surface area contributed by atoms with E-state index >= 15 is 0 Å². The molecule has 0 radical (unpaired) electrons. The Labute approximate surface area is 142 Å². The molecule has 1 heterocycles. The van der Waals surface area contributed by atoms with Crippen molar-refractivity contribution in [3.63, 3.8) is 0 Å². The first-order chi connectivity index (χ1) is 11.2. The first kappa shape index (κ1) is 20.2. The molecule has 0 aromatic carbocycles. The summed E-state index contributed by atoms with van der Waals surface area (Å²) in [5.41, 5.74) is 0. The van der Waals surface area contributed by atoms with E-state index in [4.69, 9.17) is 4.74 Å². The number of ether oxygens (including phenoxy) is 1. The summed E-state index contributed by atoms with van der Waals surface area (Å²) in [5.74, 6) is -0.146. The minimum Gasteiger partial charge on any atom is -0.461 e. The third-order valence-electron chi connectivity index (χ3n) is 4.79. The number of aliphatic hydroxyl groups excluding tert-OH is 1. The van der Waals surface area contributed by atoms with E-state index in [0.717, 1.165) is 19.3 Å². The fourth-order valence-corrected chi connectivity index (χ4v) is 3.22. The molecule has 134 valence electrons. The number of hydrogen-bond acceptors (Lipinski definition) is 3. The zero-order valence-corrected chi connectivity index (χ0v) is 15.1. The van der Waals surface area contributed by atoms with Gasteiger partial charge in [-0.1, -0.05) is 76.9 Å². The van der Waals surface area contributed by atoms with Gasteiger partial charge in [-0.3, -0.25) is 4.79 Å². The Morgan fingerprint density at radius 2 is 1.70 bits per heavy atom. The lowest BCUT2D eigenvalue weighted by Gasteiger charge is -2.35. The predicted molar refractivity (Wildman–Crippen MR) is 95.3 cm³/mol. The highest BCUT2D eigenvalue weighted by Crippen LogP contribution is 2.30. The molecule has 1 aliphatic rings. The predicted octanol–water partition coefficient (Wildman–Crippen LogP) is 5.17. The highest BCUT2D eigenvalue weighted by molar-refractivity contribution is 5.78. The fraction of sp³-hybridized carbons (Fsp3) is 0.850. The van der Waals surface area contributed by atoms with E-state index in [1.807, 2.05) is 19.1 Å². The van der Waals surface area contributed by atoms with Crippen molar-refractivity contribution in [1.82, 2.24) is 0 Å². The van der Waals surface area contributed by atoms with Gasteiger partial charge in [0, 0.05) is 6.42 Å². The molecule has 0 aromatic rings. The molecule has 0 spiro atoms. The maximum absolute atomic E-state index is 11.4. The lowest BCUT2D eigenvalue weighted by atomic mass is 9.88. The van der Waals surface area contributed by atoms with Gasteiger partial charge in [-0.2, -0.15) is 0 Å². The van der Waals surface area contributed by atoms with Gasteiger partial charge in [0.25, 0.3) is 0 Å². The Morgan fingerprint density at radius 1 is 1.09 bits per heavy atom. The Hall–Kier alpha value is -0.830. The first-order valence-electron chi connectivity index (χ1n) is 9.68. The van der Waals surface area contributed by atoms with Gasteiger partial charge < -0.3 is 9.84 Å². The maximum atomic E-state index is 11.4. The topological polar surface area (TPSA) is 46.5 Å². The first-order valence-corrected chi connectivity index (χ1v) is 9.68. The van der Waals surface area contributed by atoms with Crippen LogP contribution < -0.4 is 0 Å². The Morgan fingerprint density at radius 3 is 2.26 bits per heavy atom. The van der Waals surface area contributed by atoms with E-state index in [2.05, 4.69) is 6.92 Å². The third-order valence-corrected chi connectivity index (χ3v) is 4.79. The highest BCUT2D eigenvalue weighted by atomic mass is 16.6. The van der Waals surface area contributed by atoms with E-state index in [1.54, 1.807) is 0 Å². The van der Waals surface area contributed by atoms with Gasteiger partial charge in [0.15, 0.2) is 0 Å². The molecule has 0 bridgehead atoms. The Balaban J connectivity index is 1.98. The van der Waals surface area contributed by atoms with E-state index in [0.29, 0.717) is 6.42 Å². The second-order valence-corrected chi connectivity index (χ2v) is 6.89. The molecule has 1 N–H and O–H groups in total. The molecule has 0 aromatic heterocycles. The van der Waals surface area contributed by atoms with Crippen molar-refractivity contribution in [2.24, 2.45) is 5.92 Å². The van der Waals surface area contributed by atoms with Crippen LogP contribution >= 0.6 is 0 Å². The average molecular weight is 325 g/mol. The molecule has 1 saturated heterocycles. The highest BCUT2D eigenvalue weighted by Gasteiger charge is 2.41. The van der Waals surface area contributed by atoms with E-state index in [1.165, 1.54) is 51.4 Å². The standard InChI is InChI=1S/C20H36O3/c1-3-5-7-8-9-10-11-12-13-14-17(21)16-19-18(15-6-4-2)20(22)23-19/h4,6,17-19,21H,3,5,7-16H2,1-2H3/t17-,18-,19-/m1/s1. The van der Waals surface area contributed by atoms with E-state index in [9.17, 15) is 9.90 Å². The SMILES string of the molecule is CC=CC[C@H]1C(=O)O[C@@H]1C[C@H](O)CCCCCCCCCCC. The summed E-state index contributed by atoms with van der Waals surface area (Å²) in [6, 6.07) is 0. The molecule has 0 saturated carbocycles. The zero-order chi connectivity index (χ0) is 16.9. The molecule has 0 aliphatic carbocycles. The Kier molecular flexibility index (Phi) is 11.1. The molecular weight excluding hydrogens is 288 g/mol. The van der Waals surface area contributed by atoms with Crippen molar-refractivity contribution >= 4 is 5.97 Å². The summed E-state index contributed by atoms with van der Waals surface area (Å²) in [7, 11) is 0. The van der Waals surface area contributed by atoms with Crippen molar-refractivity contribution in [3.8, 4) is 0 Å². The van der Waals surface area contributed by atoms with Crippen molar-refractivity contribution in [3.05, 3.63) is 12.2 Å². The molecule has 1 fully saturated rings. The minimum atomic E-state index is -0.328. The number of allylic oxidation sites excluding steroid dienone is 2. The molecule has 3 atom stereocenters. The molecule has 0 amide bonds. The molecule has 3 heteroatoms. The molecule has 0 unspecified atom stereocenters. The number of aliphatic hydroxyl groups is 1. The van der Waals surface area contributed by atoms with Crippen LogP contribution in [0.5, 0.6) is 0 Å². The monoisotopic (exact) mass is 324 g/mol. The quantitative estimate of drug-likeness (QED) is 0.272. The number of unbranched alkanes of at least 4 members (excludes halogenated alkanes) is 8. The van der Waals surface area contributed by atoms with Gasteiger partial charge in [-0.05, 0) is 19.8 Å². The van der Waals surface area contributed by atoms with Gasteiger partial charge in [0.1, 0.15) is 6.10 Å².